The molecular weight excluding hydrogens is 274 g/mol. The van der Waals surface area contributed by atoms with Crippen molar-refractivity contribution >= 4 is 11.6 Å². The Bertz CT molecular complexity index is 435. The highest BCUT2D eigenvalue weighted by Crippen LogP contribution is 2.38. The van der Waals surface area contributed by atoms with Crippen LogP contribution in [0.15, 0.2) is 24.8 Å². The van der Waals surface area contributed by atoms with Gasteiger partial charge in [-0.05, 0) is 43.5 Å². The van der Waals surface area contributed by atoms with E-state index in [-0.39, 0.29) is 6.04 Å². The van der Waals surface area contributed by atoms with Crippen LogP contribution in [-0.2, 0) is 0 Å². The van der Waals surface area contributed by atoms with Crippen LogP contribution >= 0.6 is 11.6 Å². The molecule has 0 radical (unpaired) electrons. The molecule has 1 aromatic rings. The van der Waals surface area contributed by atoms with E-state index >= 15 is 0 Å². The fourth-order valence-electron chi connectivity index (χ4n) is 2.24. The molecule has 0 bridgehead atoms. The summed E-state index contributed by atoms with van der Waals surface area (Å²) in [6.45, 7) is 6.77. The number of benzene rings is 1. The zero-order valence-corrected chi connectivity index (χ0v) is 13.3. The van der Waals surface area contributed by atoms with Gasteiger partial charge in [-0.15, -0.1) is 6.58 Å². The van der Waals surface area contributed by atoms with Gasteiger partial charge in [-0.1, -0.05) is 24.6 Å². The molecular formula is C16H24ClNO2. The molecule has 1 rings (SSSR count). The Kier molecular flexibility index (Phi) is 7.48. The van der Waals surface area contributed by atoms with Gasteiger partial charge in [0, 0.05) is 6.04 Å². The molecule has 0 fully saturated rings. The van der Waals surface area contributed by atoms with Crippen molar-refractivity contribution in [3.63, 3.8) is 0 Å². The van der Waals surface area contributed by atoms with Crippen LogP contribution in [0, 0.1) is 0 Å². The van der Waals surface area contributed by atoms with E-state index in [0.717, 1.165) is 31.4 Å². The third-order valence-electron chi connectivity index (χ3n) is 3.21. The lowest BCUT2D eigenvalue weighted by Crippen LogP contribution is -2.21. The number of ether oxygens (including phenoxy) is 2. The van der Waals surface area contributed by atoms with E-state index < -0.39 is 0 Å². The number of halogens is 1. The van der Waals surface area contributed by atoms with Crippen LogP contribution in [0.1, 0.15) is 37.8 Å². The molecule has 1 unspecified atom stereocenters. The highest BCUT2D eigenvalue weighted by Gasteiger charge is 2.16. The van der Waals surface area contributed by atoms with E-state index in [9.17, 15) is 0 Å². The normalized spacial score (nSPS) is 12.0. The van der Waals surface area contributed by atoms with E-state index in [2.05, 4.69) is 18.8 Å². The zero-order valence-electron chi connectivity index (χ0n) is 12.5. The largest absolute Gasteiger partial charge is 0.493 e. The van der Waals surface area contributed by atoms with Crippen molar-refractivity contribution in [2.24, 2.45) is 0 Å². The van der Waals surface area contributed by atoms with Crippen molar-refractivity contribution in [2.45, 2.75) is 32.2 Å². The topological polar surface area (TPSA) is 30.5 Å². The summed E-state index contributed by atoms with van der Waals surface area (Å²) >= 11 is 6.27. The number of allylic oxidation sites excluding steroid dienone is 1. The minimum absolute atomic E-state index is 0.261. The minimum Gasteiger partial charge on any atom is -0.493 e. The second kappa shape index (κ2) is 8.88. The molecule has 0 heterocycles. The Labute approximate surface area is 126 Å². The summed E-state index contributed by atoms with van der Waals surface area (Å²) in [5.74, 6) is 1.25. The van der Waals surface area contributed by atoms with Crippen LogP contribution in [0.2, 0.25) is 5.02 Å². The lowest BCUT2D eigenvalue weighted by atomic mass is 10.00. The molecule has 0 saturated heterocycles. The number of nitrogens with one attached hydrogen (secondary N) is 1. The van der Waals surface area contributed by atoms with Crippen molar-refractivity contribution in [1.82, 2.24) is 5.32 Å². The SMILES string of the molecule is C=CCCCC(NCC)c1cc(Cl)c(OC)c(OC)c1. The maximum absolute atomic E-state index is 6.27. The molecule has 0 aliphatic rings. The lowest BCUT2D eigenvalue weighted by molar-refractivity contribution is 0.353. The molecule has 0 aromatic heterocycles. The molecule has 4 heteroatoms. The predicted octanol–water partition coefficient (Wildman–Crippen LogP) is 4.36. The van der Waals surface area contributed by atoms with Crippen LogP contribution in [0.5, 0.6) is 11.5 Å². The zero-order chi connectivity index (χ0) is 15.0. The summed E-state index contributed by atoms with van der Waals surface area (Å²) in [7, 11) is 3.22. The first kappa shape index (κ1) is 16.9. The molecule has 0 aliphatic carbocycles. The maximum Gasteiger partial charge on any atom is 0.179 e. The summed E-state index contributed by atoms with van der Waals surface area (Å²) < 4.78 is 10.6. The van der Waals surface area contributed by atoms with Gasteiger partial charge in [0.1, 0.15) is 0 Å². The summed E-state index contributed by atoms with van der Waals surface area (Å²) in [5.41, 5.74) is 1.12. The van der Waals surface area contributed by atoms with E-state index in [0.29, 0.717) is 16.5 Å². The first-order valence-corrected chi connectivity index (χ1v) is 7.31. The van der Waals surface area contributed by atoms with Gasteiger partial charge in [0.2, 0.25) is 0 Å². The van der Waals surface area contributed by atoms with Gasteiger partial charge in [-0.25, -0.2) is 0 Å². The predicted molar refractivity (Wildman–Crippen MR) is 85.0 cm³/mol. The molecule has 0 amide bonds. The van der Waals surface area contributed by atoms with Gasteiger partial charge in [0.25, 0.3) is 0 Å². The quantitative estimate of drug-likeness (QED) is 0.542. The van der Waals surface area contributed by atoms with E-state index in [4.69, 9.17) is 21.1 Å². The molecule has 112 valence electrons. The van der Waals surface area contributed by atoms with Gasteiger partial charge >= 0.3 is 0 Å². The molecule has 1 aromatic carbocycles. The third-order valence-corrected chi connectivity index (χ3v) is 3.49. The van der Waals surface area contributed by atoms with Gasteiger partial charge in [0.15, 0.2) is 11.5 Å². The average Bonchev–Trinajstić information content (AvgIpc) is 2.45. The second-order valence-corrected chi connectivity index (χ2v) is 4.98. The smallest absolute Gasteiger partial charge is 0.179 e. The lowest BCUT2D eigenvalue weighted by Gasteiger charge is -2.20. The van der Waals surface area contributed by atoms with Crippen LogP contribution < -0.4 is 14.8 Å². The molecule has 20 heavy (non-hydrogen) atoms. The first-order chi connectivity index (χ1) is 9.67. The van der Waals surface area contributed by atoms with Crippen LogP contribution in [-0.4, -0.2) is 20.8 Å². The van der Waals surface area contributed by atoms with Crippen molar-refractivity contribution in [3.8, 4) is 11.5 Å². The number of hydrogen-bond acceptors (Lipinski definition) is 3. The third kappa shape index (κ3) is 4.43. The fraction of sp³-hybridized carbons (Fsp3) is 0.500. The van der Waals surface area contributed by atoms with Crippen LogP contribution in [0.25, 0.3) is 0 Å². The number of rotatable bonds is 9. The van der Waals surface area contributed by atoms with E-state index in [1.165, 1.54) is 0 Å². The summed E-state index contributed by atoms with van der Waals surface area (Å²) in [6, 6.07) is 4.20. The number of unbranched alkanes of at least 4 members (excludes halogenated alkanes) is 1. The Balaban J connectivity index is 3.00. The highest BCUT2D eigenvalue weighted by atomic mass is 35.5. The molecule has 3 nitrogen and oxygen atoms in total. The molecule has 0 spiro atoms. The minimum atomic E-state index is 0.261. The van der Waals surface area contributed by atoms with Crippen LogP contribution in [0.4, 0.5) is 0 Å². The molecule has 0 saturated carbocycles. The molecule has 1 N–H and O–H groups in total. The first-order valence-electron chi connectivity index (χ1n) is 6.93. The van der Waals surface area contributed by atoms with E-state index in [1.807, 2.05) is 18.2 Å². The molecule has 1 atom stereocenters. The standard InChI is InChI=1S/C16H24ClNO2/c1-5-7-8-9-14(18-6-2)12-10-13(17)16(20-4)15(11-12)19-3/h5,10-11,14,18H,1,6-9H2,2-4H3. The number of methoxy groups -OCH3 is 2. The van der Waals surface area contributed by atoms with E-state index in [1.54, 1.807) is 14.2 Å². The van der Waals surface area contributed by atoms with Crippen LogP contribution in [0.3, 0.4) is 0 Å². The van der Waals surface area contributed by atoms with Crippen molar-refractivity contribution < 1.29 is 9.47 Å². The van der Waals surface area contributed by atoms with Gasteiger partial charge in [-0.3, -0.25) is 0 Å². The Morgan fingerprint density at radius 2 is 2.10 bits per heavy atom. The fourth-order valence-corrected chi connectivity index (χ4v) is 2.53. The van der Waals surface area contributed by atoms with Gasteiger partial charge in [0.05, 0.1) is 19.2 Å². The van der Waals surface area contributed by atoms with Crippen molar-refractivity contribution in [1.29, 1.82) is 0 Å². The Morgan fingerprint density at radius 3 is 2.65 bits per heavy atom. The Hall–Kier alpha value is -1.19. The van der Waals surface area contributed by atoms with Gasteiger partial charge < -0.3 is 14.8 Å². The van der Waals surface area contributed by atoms with Crippen molar-refractivity contribution in [2.75, 3.05) is 20.8 Å². The summed E-state index contributed by atoms with van der Waals surface area (Å²) in [4.78, 5) is 0. The highest BCUT2D eigenvalue weighted by molar-refractivity contribution is 6.32. The summed E-state index contributed by atoms with van der Waals surface area (Å²) in [5, 5.41) is 4.06. The average molecular weight is 298 g/mol. The Morgan fingerprint density at radius 1 is 1.35 bits per heavy atom. The summed E-state index contributed by atoms with van der Waals surface area (Å²) in [6.07, 6.45) is 5.09. The molecule has 0 aliphatic heterocycles. The monoisotopic (exact) mass is 297 g/mol. The maximum atomic E-state index is 6.27. The number of hydrogen-bond donors (Lipinski definition) is 1. The van der Waals surface area contributed by atoms with Crippen molar-refractivity contribution in [3.05, 3.63) is 35.4 Å². The van der Waals surface area contributed by atoms with Gasteiger partial charge in [-0.2, -0.15) is 0 Å². The second-order valence-electron chi connectivity index (χ2n) is 4.57.